The Morgan fingerprint density at radius 1 is 0.415 bits per heavy atom. The van der Waals surface area contributed by atoms with Crippen molar-refractivity contribution in [2.75, 3.05) is 5.73 Å². The molecule has 0 amide bonds. The van der Waals surface area contributed by atoms with Gasteiger partial charge in [-0.3, -0.25) is 0 Å². The number of benzene rings is 7. The summed E-state index contributed by atoms with van der Waals surface area (Å²) in [6.45, 7) is 9.58. The predicted octanol–water partition coefficient (Wildman–Crippen LogP) is 10.5. The van der Waals surface area contributed by atoms with Gasteiger partial charge in [-0.25, -0.2) is 0 Å². The van der Waals surface area contributed by atoms with Crippen molar-refractivity contribution < 1.29 is 0 Å². The molecule has 0 bridgehead atoms. The number of fused-ring (bicyclic) bond motifs is 11. The van der Waals surface area contributed by atoms with Crippen LogP contribution in [0, 0.1) is 0 Å². The molecule has 0 atom stereocenters. The topological polar surface area (TPSA) is 26.0 Å². The highest BCUT2D eigenvalue weighted by Gasteiger charge is 2.42. The fraction of sp³-hybridized carbons (Fsp3) is 0.150. The lowest BCUT2D eigenvalue weighted by Gasteiger charge is -2.42. The third-order valence-corrected chi connectivity index (χ3v) is 10.4. The molecule has 41 heavy (non-hydrogen) atoms. The predicted molar refractivity (Wildman–Crippen MR) is 176 cm³/mol. The summed E-state index contributed by atoms with van der Waals surface area (Å²) in [5, 5.41) is 10.5. The summed E-state index contributed by atoms with van der Waals surface area (Å²) in [4.78, 5) is 0. The Labute approximate surface area is 240 Å². The molecule has 196 valence electrons. The zero-order valence-corrected chi connectivity index (χ0v) is 23.9. The molecule has 0 heterocycles. The molecular weight excluding hydrogens is 494 g/mol. The van der Waals surface area contributed by atoms with Crippen LogP contribution < -0.4 is 5.73 Å². The van der Waals surface area contributed by atoms with Crippen molar-refractivity contribution in [1.29, 1.82) is 0 Å². The molecule has 0 aromatic heterocycles. The zero-order valence-electron chi connectivity index (χ0n) is 23.9. The van der Waals surface area contributed by atoms with Crippen LogP contribution in [0.3, 0.4) is 0 Å². The van der Waals surface area contributed by atoms with Crippen molar-refractivity contribution in [2.45, 2.75) is 38.5 Å². The normalized spacial score (nSPS) is 15.8. The quantitative estimate of drug-likeness (QED) is 0.155. The highest BCUT2D eigenvalue weighted by molar-refractivity contribution is 6.29. The van der Waals surface area contributed by atoms with Gasteiger partial charge in [-0.15, -0.1) is 0 Å². The van der Waals surface area contributed by atoms with Gasteiger partial charge in [0.1, 0.15) is 0 Å². The van der Waals surface area contributed by atoms with E-state index in [0.29, 0.717) is 0 Å². The molecule has 2 N–H and O–H groups in total. The van der Waals surface area contributed by atoms with Gasteiger partial charge in [0.05, 0.1) is 0 Å². The Balaban J connectivity index is 1.63. The van der Waals surface area contributed by atoms with Gasteiger partial charge in [-0.05, 0) is 88.3 Å². The van der Waals surface area contributed by atoms with Crippen LogP contribution >= 0.6 is 0 Å². The van der Waals surface area contributed by atoms with Gasteiger partial charge in [0.25, 0.3) is 0 Å². The Morgan fingerprint density at radius 3 is 1.46 bits per heavy atom. The molecular formula is C40H31N. The molecule has 2 aliphatic carbocycles. The fourth-order valence-corrected chi connectivity index (χ4v) is 8.39. The molecule has 0 fully saturated rings. The van der Waals surface area contributed by atoms with E-state index >= 15 is 0 Å². The summed E-state index contributed by atoms with van der Waals surface area (Å²) in [5.74, 6) is 0. The molecule has 0 saturated carbocycles. The molecule has 1 nitrogen and oxygen atoms in total. The molecule has 0 aliphatic heterocycles. The summed E-state index contributed by atoms with van der Waals surface area (Å²) < 4.78 is 0. The lowest BCUT2D eigenvalue weighted by atomic mass is 9.61. The lowest BCUT2D eigenvalue weighted by molar-refractivity contribution is 0.634. The summed E-state index contributed by atoms with van der Waals surface area (Å²) in [5.41, 5.74) is 18.3. The number of nitrogens with two attached hydrogens (primary N) is 1. The summed E-state index contributed by atoms with van der Waals surface area (Å²) in [7, 11) is 0. The van der Waals surface area contributed by atoms with Gasteiger partial charge >= 0.3 is 0 Å². The monoisotopic (exact) mass is 525 g/mol. The van der Waals surface area contributed by atoms with Crippen LogP contribution in [0.5, 0.6) is 0 Å². The average molecular weight is 526 g/mol. The molecule has 0 saturated heterocycles. The molecule has 9 rings (SSSR count). The molecule has 0 spiro atoms. The molecule has 1 heteroatoms. The van der Waals surface area contributed by atoms with Gasteiger partial charge in [-0.1, -0.05) is 125 Å². The Bertz CT molecular complexity index is 2320. The summed E-state index contributed by atoms with van der Waals surface area (Å²) >= 11 is 0. The maximum Gasteiger partial charge on any atom is 0.0397 e. The smallest absolute Gasteiger partial charge is 0.0397 e. The SMILES string of the molecule is CC1(C)c2ccc3ccccc3c2-c2c3ccccc3c3c4c(ccc1c24)C(C)(C)c1cc(N)c2ccccc2c1-3. The highest BCUT2D eigenvalue weighted by Crippen LogP contribution is 2.60. The molecule has 0 radical (unpaired) electrons. The molecule has 2 aliphatic rings. The zero-order chi connectivity index (χ0) is 27.8. The second-order valence-electron chi connectivity index (χ2n) is 13.1. The highest BCUT2D eigenvalue weighted by atomic mass is 14.6. The van der Waals surface area contributed by atoms with Gasteiger partial charge in [0, 0.05) is 21.9 Å². The third kappa shape index (κ3) is 2.63. The van der Waals surface area contributed by atoms with Crippen LogP contribution in [-0.2, 0) is 10.8 Å². The standard InChI is InChI=1S/C40H31N/c1-39(2)28-18-17-22-11-5-6-12-23(22)33(28)35-26-15-9-10-16-27(26)36-34-25-14-8-7-13-24(25)32(41)21-31(34)40(3,4)30-20-19-29(39)37(35)38(30)36/h5-21H,41H2,1-4H3. The van der Waals surface area contributed by atoms with Crippen LogP contribution in [0.2, 0.25) is 0 Å². The van der Waals surface area contributed by atoms with Crippen LogP contribution in [0.25, 0.3) is 65.3 Å². The fourth-order valence-electron chi connectivity index (χ4n) is 8.39. The Kier molecular flexibility index (Phi) is 4.15. The first-order valence-corrected chi connectivity index (χ1v) is 14.7. The van der Waals surface area contributed by atoms with E-state index in [1.807, 2.05) is 0 Å². The first-order valence-electron chi connectivity index (χ1n) is 14.7. The number of rotatable bonds is 0. The largest absolute Gasteiger partial charge is 0.398 e. The van der Waals surface area contributed by atoms with Crippen molar-refractivity contribution >= 4 is 48.8 Å². The van der Waals surface area contributed by atoms with E-state index in [9.17, 15) is 0 Å². The maximum atomic E-state index is 6.75. The summed E-state index contributed by atoms with van der Waals surface area (Å²) in [6.07, 6.45) is 0. The van der Waals surface area contributed by atoms with Gasteiger partial charge in [0.15, 0.2) is 0 Å². The minimum absolute atomic E-state index is 0.141. The van der Waals surface area contributed by atoms with E-state index in [2.05, 4.69) is 131 Å². The molecule has 0 unspecified atom stereocenters. The van der Waals surface area contributed by atoms with Crippen molar-refractivity contribution in [3.8, 4) is 22.3 Å². The second kappa shape index (κ2) is 7.36. The lowest BCUT2D eigenvalue weighted by Crippen LogP contribution is -2.28. The van der Waals surface area contributed by atoms with E-state index in [0.717, 1.165) is 11.1 Å². The van der Waals surface area contributed by atoms with Crippen molar-refractivity contribution in [3.63, 3.8) is 0 Å². The Hall–Kier alpha value is -4.62. The average Bonchev–Trinajstić information content (AvgIpc) is 2.98. The second-order valence-corrected chi connectivity index (χ2v) is 13.1. The van der Waals surface area contributed by atoms with Crippen molar-refractivity contribution in [2.24, 2.45) is 0 Å². The molecule has 7 aromatic carbocycles. The third-order valence-electron chi connectivity index (χ3n) is 10.4. The number of nitrogen functional groups attached to an aromatic ring is 1. The number of hydrogen-bond donors (Lipinski definition) is 1. The Morgan fingerprint density at radius 2 is 0.854 bits per heavy atom. The van der Waals surface area contributed by atoms with Gasteiger partial charge < -0.3 is 5.73 Å². The minimum Gasteiger partial charge on any atom is -0.398 e. The van der Waals surface area contributed by atoms with Crippen LogP contribution in [-0.4, -0.2) is 0 Å². The first-order chi connectivity index (χ1) is 19.8. The van der Waals surface area contributed by atoms with E-state index in [4.69, 9.17) is 5.73 Å². The van der Waals surface area contributed by atoms with Gasteiger partial charge in [0.2, 0.25) is 0 Å². The van der Waals surface area contributed by atoms with Crippen LogP contribution in [0.15, 0.2) is 103 Å². The van der Waals surface area contributed by atoms with E-state index in [1.165, 1.54) is 82.2 Å². The summed E-state index contributed by atoms with van der Waals surface area (Å²) in [6, 6.07) is 38.5. The van der Waals surface area contributed by atoms with E-state index < -0.39 is 0 Å². The number of hydrogen-bond acceptors (Lipinski definition) is 1. The number of anilines is 1. The van der Waals surface area contributed by atoms with Crippen molar-refractivity contribution in [1.82, 2.24) is 0 Å². The maximum absolute atomic E-state index is 6.75. The van der Waals surface area contributed by atoms with Crippen LogP contribution in [0.4, 0.5) is 5.69 Å². The van der Waals surface area contributed by atoms with Crippen molar-refractivity contribution in [3.05, 3.63) is 125 Å². The van der Waals surface area contributed by atoms with E-state index in [1.54, 1.807) is 0 Å². The van der Waals surface area contributed by atoms with Crippen LogP contribution in [0.1, 0.15) is 49.9 Å². The van der Waals surface area contributed by atoms with Gasteiger partial charge in [-0.2, -0.15) is 0 Å². The molecule has 7 aromatic rings. The first kappa shape index (κ1) is 23.1. The minimum atomic E-state index is -0.206. The van der Waals surface area contributed by atoms with E-state index in [-0.39, 0.29) is 10.8 Å².